The Labute approximate surface area is 114 Å². The summed E-state index contributed by atoms with van der Waals surface area (Å²) in [6.45, 7) is 15.8. The predicted molar refractivity (Wildman–Crippen MR) is 80.5 cm³/mol. The Hall–Kier alpha value is -0.520. The van der Waals surface area contributed by atoms with Crippen LogP contribution in [0.5, 0.6) is 0 Å². The van der Waals surface area contributed by atoms with Crippen molar-refractivity contribution in [1.29, 1.82) is 0 Å². The lowest BCUT2D eigenvalue weighted by Crippen LogP contribution is -2.49. The Bertz CT molecular complexity index is 336. The lowest BCUT2D eigenvalue weighted by atomic mass is 9.47. The van der Waals surface area contributed by atoms with Crippen molar-refractivity contribution in [1.82, 2.24) is 0 Å². The van der Waals surface area contributed by atoms with Crippen molar-refractivity contribution in [2.45, 2.75) is 65.7 Å². The van der Waals surface area contributed by atoms with Gasteiger partial charge in [-0.15, -0.1) is 6.58 Å². The molecule has 0 aromatic carbocycles. The summed E-state index contributed by atoms with van der Waals surface area (Å²) in [5.74, 6) is 1.62. The van der Waals surface area contributed by atoms with Crippen LogP contribution in [0.4, 0.5) is 0 Å². The van der Waals surface area contributed by atoms with E-state index in [4.69, 9.17) is 0 Å². The molecule has 2 aliphatic rings. The van der Waals surface area contributed by atoms with Crippen molar-refractivity contribution in [3.63, 3.8) is 0 Å². The molecule has 0 aromatic heterocycles. The lowest BCUT2D eigenvalue weighted by Gasteiger charge is -2.58. The van der Waals surface area contributed by atoms with Crippen LogP contribution in [-0.4, -0.2) is 0 Å². The standard InChI is InChI=1S/C18H30/c1-6-7-9-15-14(2)10-11-16-17(3,4)12-8-13-18(15,16)5/h6,15-16H,1-2,7-13H2,3-5H3/t15-,16+,18-/m1/s1. The molecule has 2 rings (SSSR count). The highest BCUT2D eigenvalue weighted by molar-refractivity contribution is 5.15. The van der Waals surface area contributed by atoms with Crippen molar-refractivity contribution in [2.75, 3.05) is 0 Å². The van der Waals surface area contributed by atoms with Gasteiger partial charge in [0.05, 0.1) is 0 Å². The molecule has 3 atom stereocenters. The van der Waals surface area contributed by atoms with E-state index in [9.17, 15) is 0 Å². The molecule has 2 fully saturated rings. The van der Waals surface area contributed by atoms with E-state index in [1.807, 2.05) is 0 Å². The number of hydrogen-bond donors (Lipinski definition) is 0. The van der Waals surface area contributed by atoms with Gasteiger partial charge in [-0.3, -0.25) is 0 Å². The van der Waals surface area contributed by atoms with Crippen LogP contribution >= 0.6 is 0 Å². The first-order valence-electron chi connectivity index (χ1n) is 7.70. The molecule has 0 bridgehead atoms. The van der Waals surface area contributed by atoms with E-state index in [-0.39, 0.29) is 0 Å². The average Bonchev–Trinajstić information content (AvgIpc) is 2.27. The van der Waals surface area contributed by atoms with Gasteiger partial charge < -0.3 is 0 Å². The third-order valence-corrected chi connectivity index (χ3v) is 5.98. The molecular formula is C18H30. The van der Waals surface area contributed by atoms with E-state index in [2.05, 4.69) is 40.0 Å². The van der Waals surface area contributed by atoms with Gasteiger partial charge in [0.15, 0.2) is 0 Å². The van der Waals surface area contributed by atoms with E-state index in [0.717, 1.165) is 18.3 Å². The molecule has 0 N–H and O–H groups in total. The zero-order valence-electron chi connectivity index (χ0n) is 12.6. The Morgan fingerprint density at radius 1 is 1.28 bits per heavy atom. The quantitative estimate of drug-likeness (QED) is 0.556. The minimum absolute atomic E-state index is 0.500. The van der Waals surface area contributed by atoms with Gasteiger partial charge in [0.1, 0.15) is 0 Å². The fraction of sp³-hybridized carbons (Fsp3) is 0.778. The first kappa shape index (κ1) is 13.9. The van der Waals surface area contributed by atoms with Crippen molar-refractivity contribution >= 4 is 0 Å². The molecule has 0 radical (unpaired) electrons. The van der Waals surface area contributed by atoms with Crippen LogP contribution < -0.4 is 0 Å². The minimum atomic E-state index is 0.500. The van der Waals surface area contributed by atoms with Gasteiger partial charge >= 0.3 is 0 Å². The van der Waals surface area contributed by atoms with Crippen LogP contribution in [0, 0.1) is 22.7 Å². The largest absolute Gasteiger partial charge is 0.103 e. The molecular weight excluding hydrogens is 216 g/mol. The molecule has 102 valence electrons. The monoisotopic (exact) mass is 246 g/mol. The minimum Gasteiger partial charge on any atom is -0.103 e. The van der Waals surface area contributed by atoms with Crippen LogP contribution in [0.1, 0.15) is 65.7 Å². The van der Waals surface area contributed by atoms with Gasteiger partial charge in [-0.05, 0) is 61.2 Å². The van der Waals surface area contributed by atoms with Gasteiger partial charge in [-0.2, -0.15) is 0 Å². The molecule has 0 amide bonds. The van der Waals surface area contributed by atoms with Gasteiger partial charge in [-0.25, -0.2) is 0 Å². The third-order valence-electron chi connectivity index (χ3n) is 5.98. The summed E-state index contributed by atoms with van der Waals surface area (Å²) in [5, 5.41) is 0. The summed E-state index contributed by atoms with van der Waals surface area (Å²) in [7, 11) is 0. The van der Waals surface area contributed by atoms with Crippen molar-refractivity contribution in [3.8, 4) is 0 Å². The first-order valence-corrected chi connectivity index (χ1v) is 7.70. The maximum atomic E-state index is 4.40. The summed E-state index contributed by atoms with van der Waals surface area (Å²) in [6.07, 6.45) is 11.3. The van der Waals surface area contributed by atoms with Crippen LogP contribution in [-0.2, 0) is 0 Å². The lowest BCUT2D eigenvalue weighted by molar-refractivity contribution is -0.0537. The topological polar surface area (TPSA) is 0 Å². The van der Waals surface area contributed by atoms with Crippen LogP contribution in [0.15, 0.2) is 24.8 Å². The van der Waals surface area contributed by atoms with E-state index in [0.29, 0.717) is 10.8 Å². The summed E-state index contributed by atoms with van der Waals surface area (Å²) in [6, 6.07) is 0. The Balaban J connectivity index is 2.27. The third kappa shape index (κ3) is 2.19. The second-order valence-corrected chi connectivity index (χ2v) is 7.52. The predicted octanol–water partition coefficient (Wildman–Crippen LogP) is 5.75. The van der Waals surface area contributed by atoms with E-state index >= 15 is 0 Å². The SMILES string of the molecule is C=CCC[C@@H]1C(=C)CC[C@H]2C(C)(C)CCC[C@]12C. The van der Waals surface area contributed by atoms with Crippen molar-refractivity contribution in [2.24, 2.45) is 22.7 Å². The fourth-order valence-electron chi connectivity index (χ4n) is 5.09. The highest BCUT2D eigenvalue weighted by Crippen LogP contribution is 2.61. The van der Waals surface area contributed by atoms with Gasteiger partial charge in [-0.1, -0.05) is 45.4 Å². The van der Waals surface area contributed by atoms with Crippen molar-refractivity contribution in [3.05, 3.63) is 24.8 Å². The highest BCUT2D eigenvalue weighted by Gasteiger charge is 2.52. The molecule has 0 spiro atoms. The Morgan fingerprint density at radius 2 is 2.00 bits per heavy atom. The first-order chi connectivity index (χ1) is 8.42. The normalized spacial score (nSPS) is 39.2. The molecule has 18 heavy (non-hydrogen) atoms. The second-order valence-electron chi connectivity index (χ2n) is 7.52. The summed E-state index contributed by atoms with van der Waals surface area (Å²) >= 11 is 0. The van der Waals surface area contributed by atoms with Crippen LogP contribution in [0.2, 0.25) is 0 Å². The fourth-order valence-corrected chi connectivity index (χ4v) is 5.09. The molecule has 2 saturated carbocycles. The smallest absolute Gasteiger partial charge is 0.0146 e. The maximum absolute atomic E-state index is 4.40. The summed E-state index contributed by atoms with van der Waals surface area (Å²) in [5.41, 5.74) is 2.55. The summed E-state index contributed by atoms with van der Waals surface area (Å²) in [4.78, 5) is 0. The average molecular weight is 246 g/mol. The van der Waals surface area contributed by atoms with E-state index < -0.39 is 0 Å². The Kier molecular flexibility index (Phi) is 3.76. The zero-order chi connectivity index (χ0) is 13.4. The van der Waals surface area contributed by atoms with Gasteiger partial charge in [0.25, 0.3) is 0 Å². The molecule has 0 unspecified atom stereocenters. The molecule has 0 heteroatoms. The zero-order valence-corrected chi connectivity index (χ0v) is 12.6. The molecule has 0 saturated heterocycles. The molecule has 2 aliphatic carbocycles. The molecule has 0 aliphatic heterocycles. The molecule has 0 aromatic rings. The number of fused-ring (bicyclic) bond motifs is 1. The number of allylic oxidation sites excluding steroid dienone is 2. The maximum Gasteiger partial charge on any atom is -0.0146 e. The second kappa shape index (κ2) is 4.87. The molecule has 0 nitrogen and oxygen atoms in total. The highest BCUT2D eigenvalue weighted by atomic mass is 14.6. The van der Waals surface area contributed by atoms with E-state index in [1.165, 1.54) is 44.1 Å². The van der Waals surface area contributed by atoms with Crippen LogP contribution in [0.25, 0.3) is 0 Å². The molecule has 0 heterocycles. The summed E-state index contributed by atoms with van der Waals surface area (Å²) < 4.78 is 0. The van der Waals surface area contributed by atoms with Crippen molar-refractivity contribution < 1.29 is 0 Å². The van der Waals surface area contributed by atoms with E-state index in [1.54, 1.807) is 0 Å². The Morgan fingerprint density at radius 3 is 2.67 bits per heavy atom. The van der Waals surface area contributed by atoms with Crippen LogP contribution in [0.3, 0.4) is 0 Å². The number of rotatable bonds is 3. The number of hydrogen-bond acceptors (Lipinski definition) is 0. The van der Waals surface area contributed by atoms with Gasteiger partial charge in [0, 0.05) is 0 Å². The van der Waals surface area contributed by atoms with Gasteiger partial charge in [0.2, 0.25) is 0 Å².